The average molecular weight is 355 g/mol. The lowest BCUT2D eigenvalue weighted by atomic mass is 9.90. The van der Waals surface area contributed by atoms with E-state index >= 15 is 0 Å². The molecular weight excluding hydrogens is 328 g/mol. The number of hydrogen-bond acceptors (Lipinski definition) is 4. The molecule has 1 aromatic rings. The SMILES string of the molecule is C/C=C(\C)[C@@H]1NC(SCc2ccc(OC)cc2)=N[C@@H]1C1=CC=CCC1. The smallest absolute Gasteiger partial charge is 0.158 e. The number of nitrogens with zero attached hydrogens (tertiary/aromatic N) is 1. The molecule has 0 saturated carbocycles. The molecule has 4 heteroatoms. The Kier molecular flexibility index (Phi) is 6.03. The summed E-state index contributed by atoms with van der Waals surface area (Å²) >= 11 is 1.78. The quantitative estimate of drug-likeness (QED) is 0.766. The minimum atomic E-state index is 0.222. The fourth-order valence-electron chi connectivity index (χ4n) is 3.11. The van der Waals surface area contributed by atoms with Crippen LogP contribution in [0.15, 0.2) is 64.7 Å². The van der Waals surface area contributed by atoms with Gasteiger partial charge < -0.3 is 10.1 Å². The number of thioether (sulfide) groups is 1. The lowest BCUT2D eigenvalue weighted by Gasteiger charge is -2.22. The van der Waals surface area contributed by atoms with Crippen LogP contribution in [-0.2, 0) is 5.75 Å². The van der Waals surface area contributed by atoms with Crippen LogP contribution in [0.5, 0.6) is 5.75 Å². The molecule has 0 saturated heterocycles. The highest BCUT2D eigenvalue weighted by molar-refractivity contribution is 8.13. The van der Waals surface area contributed by atoms with Gasteiger partial charge in [-0.25, -0.2) is 0 Å². The monoisotopic (exact) mass is 354 g/mol. The van der Waals surface area contributed by atoms with Crippen molar-refractivity contribution in [2.75, 3.05) is 7.11 Å². The minimum absolute atomic E-state index is 0.222. The van der Waals surface area contributed by atoms with Crippen molar-refractivity contribution in [3.63, 3.8) is 0 Å². The zero-order valence-electron chi connectivity index (χ0n) is 15.2. The van der Waals surface area contributed by atoms with E-state index < -0.39 is 0 Å². The first kappa shape index (κ1) is 17.9. The van der Waals surface area contributed by atoms with E-state index in [1.807, 2.05) is 12.1 Å². The van der Waals surface area contributed by atoms with Crippen LogP contribution in [0, 0.1) is 0 Å². The van der Waals surface area contributed by atoms with Crippen molar-refractivity contribution in [3.8, 4) is 5.75 Å². The molecule has 0 radical (unpaired) electrons. The number of hydrogen-bond donors (Lipinski definition) is 1. The van der Waals surface area contributed by atoms with E-state index in [0.717, 1.165) is 29.5 Å². The van der Waals surface area contributed by atoms with Gasteiger partial charge in [0, 0.05) is 5.75 Å². The predicted octanol–water partition coefficient (Wildman–Crippen LogP) is 4.87. The van der Waals surface area contributed by atoms with Gasteiger partial charge in [0.2, 0.25) is 0 Å². The van der Waals surface area contributed by atoms with E-state index in [0.29, 0.717) is 0 Å². The van der Waals surface area contributed by atoms with Gasteiger partial charge in [0.15, 0.2) is 5.17 Å². The van der Waals surface area contributed by atoms with Crippen molar-refractivity contribution < 1.29 is 4.74 Å². The van der Waals surface area contributed by atoms with Gasteiger partial charge in [-0.2, -0.15) is 0 Å². The third-order valence-corrected chi connectivity index (χ3v) is 5.73. The molecule has 0 bridgehead atoms. The minimum Gasteiger partial charge on any atom is -0.497 e. The van der Waals surface area contributed by atoms with Gasteiger partial charge in [0.25, 0.3) is 0 Å². The Balaban J connectivity index is 1.70. The van der Waals surface area contributed by atoms with Gasteiger partial charge in [-0.3, -0.25) is 4.99 Å². The Morgan fingerprint density at radius 3 is 2.80 bits per heavy atom. The van der Waals surface area contributed by atoms with Gasteiger partial charge in [-0.05, 0) is 50.0 Å². The Morgan fingerprint density at radius 2 is 2.16 bits per heavy atom. The highest BCUT2D eigenvalue weighted by atomic mass is 32.2. The fourth-order valence-corrected chi connectivity index (χ4v) is 4.00. The number of rotatable bonds is 5. The number of nitrogens with one attached hydrogen (secondary N) is 1. The largest absolute Gasteiger partial charge is 0.497 e. The Hall–Kier alpha value is -1.94. The van der Waals surface area contributed by atoms with Crippen molar-refractivity contribution in [1.29, 1.82) is 0 Å². The van der Waals surface area contributed by atoms with Crippen LogP contribution < -0.4 is 10.1 Å². The molecule has 2 aliphatic rings. The van der Waals surface area contributed by atoms with Gasteiger partial charge >= 0.3 is 0 Å². The summed E-state index contributed by atoms with van der Waals surface area (Å²) in [6.45, 7) is 4.29. The number of ether oxygens (including phenoxy) is 1. The molecule has 0 aromatic heterocycles. The number of amidine groups is 1. The van der Waals surface area contributed by atoms with E-state index in [1.165, 1.54) is 16.7 Å². The van der Waals surface area contributed by atoms with Gasteiger partial charge in [-0.1, -0.05) is 53.8 Å². The highest BCUT2D eigenvalue weighted by Crippen LogP contribution is 2.29. The normalized spacial score (nSPS) is 23.1. The van der Waals surface area contributed by atoms with Gasteiger partial charge in [0.05, 0.1) is 19.2 Å². The second-order valence-electron chi connectivity index (χ2n) is 6.38. The first-order chi connectivity index (χ1) is 12.2. The molecule has 0 amide bonds. The Morgan fingerprint density at radius 1 is 1.36 bits per heavy atom. The average Bonchev–Trinajstić information content (AvgIpc) is 3.11. The zero-order chi connectivity index (χ0) is 17.6. The summed E-state index contributed by atoms with van der Waals surface area (Å²) in [5.74, 6) is 1.80. The number of aliphatic imine (C=N–C) groups is 1. The molecular formula is C21H26N2OS. The molecule has 3 rings (SSSR count). The summed E-state index contributed by atoms with van der Waals surface area (Å²) in [4.78, 5) is 5.01. The zero-order valence-corrected chi connectivity index (χ0v) is 16.0. The molecule has 0 fully saturated rings. The summed E-state index contributed by atoms with van der Waals surface area (Å²) < 4.78 is 5.22. The van der Waals surface area contributed by atoms with E-state index in [-0.39, 0.29) is 12.1 Å². The lowest BCUT2D eigenvalue weighted by molar-refractivity contribution is 0.414. The maximum Gasteiger partial charge on any atom is 0.158 e. The molecule has 2 atom stereocenters. The molecule has 1 heterocycles. The molecule has 132 valence electrons. The second kappa shape index (κ2) is 8.43. The summed E-state index contributed by atoms with van der Waals surface area (Å²) in [6.07, 6.45) is 11.1. The molecule has 3 nitrogen and oxygen atoms in total. The van der Waals surface area contributed by atoms with E-state index in [4.69, 9.17) is 9.73 Å². The van der Waals surface area contributed by atoms with Crippen molar-refractivity contribution in [2.24, 2.45) is 4.99 Å². The van der Waals surface area contributed by atoms with Crippen LogP contribution in [0.3, 0.4) is 0 Å². The van der Waals surface area contributed by atoms with Crippen molar-refractivity contribution >= 4 is 16.9 Å². The van der Waals surface area contributed by atoms with Crippen molar-refractivity contribution in [3.05, 3.63) is 65.3 Å². The molecule has 1 N–H and O–H groups in total. The van der Waals surface area contributed by atoms with Crippen LogP contribution >= 0.6 is 11.8 Å². The van der Waals surface area contributed by atoms with Crippen LogP contribution in [0.25, 0.3) is 0 Å². The summed E-state index contributed by atoms with van der Waals surface area (Å²) in [5, 5.41) is 4.68. The van der Waals surface area contributed by atoms with Crippen molar-refractivity contribution in [2.45, 2.75) is 44.5 Å². The topological polar surface area (TPSA) is 33.6 Å². The Bertz CT molecular complexity index is 716. The van der Waals surface area contributed by atoms with Crippen molar-refractivity contribution in [1.82, 2.24) is 5.32 Å². The fraction of sp³-hybridized carbons (Fsp3) is 0.381. The van der Waals surface area contributed by atoms with Gasteiger partial charge in [-0.15, -0.1) is 0 Å². The highest BCUT2D eigenvalue weighted by Gasteiger charge is 2.32. The lowest BCUT2D eigenvalue weighted by Crippen LogP contribution is -2.36. The van der Waals surface area contributed by atoms with Crippen LogP contribution in [0.1, 0.15) is 32.3 Å². The number of methoxy groups -OCH3 is 1. The number of allylic oxidation sites excluding steroid dienone is 4. The first-order valence-corrected chi connectivity index (χ1v) is 9.78. The van der Waals surface area contributed by atoms with Crippen LogP contribution in [-0.4, -0.2) is 24.4 Å². The molecule has 1 aliphatic heterocycles. The third kappa shape index (κ3) is 4.37. The maximum atomic E-state index is 5.22. The van der Waals surface area contributed by atoms with E-state index in [2.05, 4.69) is 55.6 Å². The molecule has 1 aliphatic carbocycles. The van der Waals surface area contributed by atoms with Crippen LogP contribution in [0.2, 0.25) is 0 Å². The summed E-state index contributed by atoms with van der Waals surface area (Å²) in [5.41, 5.74) is 4.06. The van der Waals surface area contributed by atoms with Gasteiger partial charge in [0.1, 0.15) is 5.75 Å². The molecule has 0 unspecified atom stereocenters. The molecule has 25 heavy (non-hydrogen) atoms. The molecule has 0 spiro atoms. The number of benzene rings is 1. The predicted molar refractivity (Wildman–Crippen MR) is 108 cm³/mol. The molecule has 1 aromatic carbocycles. The summed E-state index contributed by atoms with van der Waals surface area (Å²) in [6, 6.07) is 8.74. The first-order valence-electron chi connectivity index (χ1n) is 8.79. The maximum absolute atomic E-state index is 5.22. The second-order valence-corrected chi connectivity index (χ2v) is 7.34. The van der Waals surface area contributed by atoms with Crippen LogP contribution in [0.4, 0.5) is 0 Å². The third-order valence-electron chi connectivity index (χ3n) is 4.76. The standard InChI is InChI=1S/C21H26N2OS/c1-4-15(2)19-20(17-8-6-5-7-9-17)23-21(22-19)25-14-16-10-12-18(24-3)13-11-16/h4-6,8,10-13,19-20H,7,9,14H2,1-3H3,(H,22,23)/b15-4+/t19-,20+/m0/s1. The van der Waals surface area contributed by atoms with E-state index in [1.54, 1.807) is 18.9 Å². The summed E-state index contributed by atoms with van der Waals surface area (Å²) in [7, 11) is 1.69. The Labute approximate surface area is 155 Å². The van der Waals surface area contributed by atoms with E-state index in [9.17, 15) is 0 Å².